The van der Waals surface area contributed by atoms with Crippen LogP contribution in [-0.2, 0) is 11.2 Å². The molecule has 1 heterocycles. The molecule has 0 spiro atoms. The molecule has 74 valence electrons. The number of rotatable bonds is 2. The van der Waals surface area contributed by atoms with Crippen LogP contribution in [0, 0.1) is 0 Å². The van der Waals surface area contributed by atoms with Gasteiger partial charge in [0.25, 0.3) is 0 Å². The van der Waals surface area contributed by atoms with Gasteiger partial charge in [-0.3, -0.25) is 4.79 Å². The number of amides is 1. The molecule has 1 aromatic carbocycles. The molecule has 0 atom stereocenters. The quantitative estimate of drug-likeness (QED) is 0.755. The summed E-state index contributed by atoms with van der Waals surface area (Å²) in [5, 5.41) is 3.41. The van der Waals surface area contributed by atoms with E-state index in [-0.39, 0.29) is 5.91 Å². The number of hydrogen-bond donors (Lipinski definition) is 1. The van der Waals surface area contributed by atoms with Crippen LogP contribution in [0.2, 0.25) is 0 Å². The fraction of sp³-hybridized carbons (Fsp3) is 0.364. The van der Waals surface area contributed by atoms with Crippen molar-refractivity contribution in [1.82, 2.24) is 0 Å². The standard InChI is InChI=1S/C11H13NOS/c1-7(2)14-10-5-3-4-9-8(10)6-11(13)12-9/h3-5,7H,6H2,1-2H3,(H,12,13). The number of carbonyl (C=O) groups excluding carboxylic acids is 1. The molecule has 2 rings (SSSR count). The van der Waals surface area contributed by atoms with Crippen LogP contribution >= 0.6 is 11.8 Å². The summed E-state index contributed by atoms with van der Waals surface area (Å²) < 4.78 is 0. The van der Waals surface area contributed by atoms with Crippen molar-refractivity contribution in [2.24, 2.45) is 0 Å². The highest BCUT2D eigenvalue weighted by atomic mass is 32.2. The maximum absolute atomic E-state index is 11.2. The van der Waals surface area contributed by atoms with Crippen molar-refractivity contribution in [3.63, 3.8) is 0 Å². The van der Waals surface area contributed by atoms with E-state index >= 15 is 0 Å². The van der Waals surface area contributed by atoms with Crippen LogP contribution in [0.25, 0.3) is 0 Å². The molecule has 3 heteroatoms. The SMILES string of the molecule is CC(C)Sc1cccc2c1CC(=O)N2. The van der Waals surface area contributed by atoms with Gasteiger partial charge < -0.3 is 5.32 Å². The Hall–Kier alpha value is -0.960. The van der Waals surface area contributed by atoms with Gasteiger partial charge in [-0.2, -0.15) is 0 Å². The molecule has 0 bridgehead atoms. The fourth-order valence-electron chi connectivity index (χ4n) is 1.58. The highest BCUT2D eigenvalue weighted by Crippen LogP contribution is 2.34. The first-order chi connectivity index (χ1) is 6.66. The molecule has 2 nitrogen and oxygen atoms in total. The van der Waals surface area contributed by atoms with Crippen LogP contribution in [0.5, 0.6) is 0 Å². The van der Waals surface area contributed by atoms with E-state index in [0.717, 1.165) is 11.3 Å². The molecule has 0 radical (unpaired) electrons. The summed E-state index contributed by atoms with van der Waals surface area (Å²) in [7, 11) is 0. The third kappa shape index (κ3) is 1.77. The molecule has 1 aromatic rings. The molecule has 14 heavy (non-hydrogen) atoms. The molecule has 0 unspecified atom stereocenters. The Morgan fingerprint density at radius 3 is 2.93 bits per heavy atom. The van der Waals surface area contributed by atoms with E-state index in [4.69, 9.17) is 0 Å². The van der Waals surface area contributed by atoms with Crippen molar-refractivity contribution >= 4 is 23.4 Å². The van der Waals surface area contributed by atoms with Crippen LogP contribution in [0.1, 0.15) is 19.4 Å². The van der Waals surface area contributed by atoms with Crippen LogP contribution in [0.3, 0.4) is 0 Å². The van der Waals surface area contributed by atoms with Gasteiger partial charge in [0.1, 0.15) is 0 Å². The monoisotopic (exact) mass is 207 g/mol. The third-order valence-corrected chi connectivity index (χ3v) is 3.21. The minimum Gasteiger partial charge on any atom is -0.325 e. The molecular weight excluding hydrogens is 194 g/mol. The lowest BCUT2D eigenvalue weighted by atomic mass is 10.2. The summed E-state index contributed by atoms with van der Waals surface area (Å²) in [6, 6.07) is 6.05. The third-order valence-electron chi connectivity index (χ3n) is 2.11. The number of fused-ring (bicyclic) bond motifs is 1. The highest BCUT2D eigenvalue weighted by Gasteiger charge is 2.20. The van der Waals surface area contributed by atoms with Crippen LogP contribution in [0.15, 0.2) is 23.1 Å². The van der Waals surface area contributed by atoms with Gasteiger partial charge in [-0.05, 0) is 17.7 Å². The molecule has 1 amide bonds. The lowest BCUT2D eigenvalue weighted by molar-refractivity contribution is -0.115. The Bertz CT molecular complexity index is 374. The smallest absolute Gasteiger partial charge is 0.228 e. The van der Waals surface area contributed by atoms with Gasteiger partial charge in [-0.15, -0.1) is 11.8 Å². The minimum atomic E-state index is 0.108. The lowest BCUT2D eigenvalue weighted by Crippen LogP contribution is -2.03. The molecule has 1 aliphatic rings. The van der Waals surface area contributed by atoms with Crippen molar-refractivity contribution in [3.05, 3.63) is 23.8 Å². The summed E-state index contributed by atoms with van der Waals surface area (Å²) in [6.07, 6.45) is 0.533. The number of carbonyl (C=O) groups is 1. The summed E-state index contributed by atoms with van der Waals surface area (Å²) in [6.45, 7) is 4.32. The van der Waals surface area contributed by atoms with E-state index < -0.39 is 0 Å². The van der Waals surface area contributed by atoms with Crippen molar-refractivity contribution in [3.8, 4) is 0 Å². The largest absolute Gasteiger partial charge is 0.325 e. The van der Waals surface area contributed by atoms with E-state index in [0.29, 0.717) is 11.7 Å². The summed E-state index contributed by atoms with van der Waals surface area (Å²) in [4.78, 5) is 12.4. The topological polar surface area (TPSA) is 29.1 Å². The number of benzene rings is 1. The Morgan fingerprint density at radius 1 is 1.43 bits per heavy atom. The average Bonchev–Trinajstić information content (AvgIpc) is 2.45. The van der Waals surface area contributed by atoms with E-state index in [2.05, 4.69) is 25.2 Å². The Morgan fingerprint density at radius 2 is 2.21 bits per heavy atom. The molecular formula is C11H13NOS. The maximum atomic E-state index is 11.2. The number of nitrogens with one attached hydrogen (secondary N) is 1. The van der Waals surface area contributed by atoms with Gasteiger partial charge in [0, 0.05) is 15.8 Å². The van der Waals surface area contributed by atoms with E-state index in [1.807, 2.05) is 23.9 Å². The van der Waals surface area contributed by atoms with Gasteiger partial charge >= 0.3 is 0 Å². The first kappa shape index (κ1) is 9.59. The van der Waals surface area contributed by atoms with Gasteiger partial charge in [-0.25, -0.2) is 0 Å². The lowest BCUT2D eigenvalue weighted by Gasteiger charge is -2.08. The molecule has 0 aromatic heterocycles. The van der Waals surface area contributed by atoms with Crippen molar-refractivity contribution in [2.75, 3.05) is 5.32 Å². The molecule has 0 saturated carbocycles. The maximum Gasteiger partial charge on any atom is 0.228 e. The zero-order chi connectivity index (χ0) is 10.1. The second-order valence-electron chi connectivity index (χ2n) is 3.67. The van der Waals surface area contributed by atoms with Crippen LogP contribution in [0.4, 0.5) is 5.69 Å². The van der Waals surface area contributed by atoms with Gasteiger partial charge in [0.15, 0.2) is 0 Å². The summed E-state index contributed by atoms with van der Waals surface area (Å²) >= 11 is 1.81. The first-order valence-corrected chi connectivity index (χ1v) is 5.63. The fourth-order valence-corrected chi connectivity index (χ4v) is 2.57. The normalized spacial score (nSPS) is 14.4. The number of thioether (sulfide) groups is 1. The van der Waals surface area contributed by atoms with E-state index in [1.54, 1.807) is 0 Å². The average molecular weight is 207 g/mol. The number of hydrogen-bond acceptors (Lipinski definition) is 2. The molecule has 1 N–H and O–H groups in total. The molecule has 0 aliphatic carbocycles. The Labute approximate surface area is 88.1 Å². The molecule has 1 aliphatic heterocycles. The second-order valence-corrected chi connectivity index (χ2v) is 5.29. The van der Waals surface area contributed by atoms with Crippen molar-refractivity contribution in [2.45, 2.75) is 30.4 Å². The molecule has 0 fully saturated rings. The second kappa shape index (κ2) is 3.65. The van der Waals surface area contributed by atoms with Gasteiger partial charge in [0.05, 0.1) is 6.42 Å². The van der Waals surface area contributed by atoms with E-state index in [1.165, 1.54) is 4.90 Å². The van der Waals surface area contributed by atoms with Crippen LogP contribution < -0.4 is 5.32 Å². The zero-order valence-corrected chi connectivity index (χ0v) is 9.15. The van der Waals surface area contributed by atoms with Crippen molar-refractivity contribution < 1.29 is 4.79 Å². The Balaban J connectivity index is 2.34. The summed E-state index contributed by atoms with van der Waals surface area (Å²) in [5.74, 6) is 0.108. The van der Waals surface area contributed by atoms with Gasteiger partial charge in [-0.1, -0.05) is 19.9 Å². The molecule has 0 saturated heterocycles. The summed E-state index contributed by atoms with van der Waals surface area (Å²) in [5.41, 5.74) is 2.15. The predicted molar refractivity (Wildman–Crippen MR) is 59.8 cm³/mol. The zero-order valence-electron chi connectivity index (χ0n) is 8.33. The predicted octanol–water partition coefficient (Wildman–Crippen LogP) is 2.68. The first-order valence-electron chi connectivity index (χ1n) is 4.75. The van der Waals surface area contributed by atoms with Crippen molar-refractivity contribution in [1.29, 1.82) is 0 Å². The van der Waals surface area contributed by atoms with Crippen LogP contribution in [-0.4, -0.2) is 11.2 Å². The number of anilines is 1. The Kier molecular flexibility index (Phi) is 2.50. The van der Waals surface area contributed by atoms with Gasteiger partial charge in [0.2, 0.25) is 5.91 Å². The highest BCUT2D eigenvalue weighted by molar-refractivity contribution is 8.00. The van der Waals surface area contributed by atoms with E-state index in [9.17, 15) is 4.79 Å². The minimum absolute atomic E-state index is 0.108.